The van der Waals surface area contributed by atoms with Gasteiger partial charge in [-0.2, -0.15) is 5.26 Å². The Balaban J connectivity index is 1.59. The quantitative estimate of drug-likeness (QED) is 0.360. The third-order valence-electron chi connectivity index (χ3n) is 5.66. The molecule has 13 heteroatoms. The number of anilines is 1. The van der Waals surface area contributed by atoms with Crippen LogP contribution in [0.1, 0.15) is 45.9 Å². The van der Waals surface area contributed by atoms with Crippen molar-refractivity contribution in [3.8, 4) is 40.6 Å². The van der Waals surface area contributed by atoms with Crippen molar-refractivity contribution in [1.82, 2.24) is 24.7 Å². The van der Waals surface area contributed by atoms with Crippen LogP contribution in [0.2, 0.25) is 0 Å². The number of carbonyl (C=O) groups is 1. The molecule has 1 aliphatic carbocycles. The van der Waals surface area contributed by atoms with Gasteiger partial charge in [0.25, 0.3) is 17.9 Å². The van der Waals surface area contributed by atoms with Crippen molar-refractivity contribution >= 4 is 22.4 Å². The lowest BCUT2D eigenvalue weighted by Crippen LogP contribution is -2.19. The topological polar surface area (TPSA) is 136 Å². The number of carbonyl (C=O) groups excluding carboxylic acids is 1. The summed E-state index contributed by atoms with van der Waals surface area (Å²) >= 11 is 1.09. The highest BCUT2D eigenvalue weighted by atomic mass is 32.1. The minimum atomic E-state index is -2.88. The van der Waals surface area contributed by atoms with Crippen LogP contribution in [-0.2, 0) is 0 Å². The number of nitriles is 1. The lowest BCUT2D eigenvalue weighted by Gasteiger charge is -2.15. The maximum atomic E-state index is 13.5. The standard InChI is InChI=1S/C26H17F2N7O3S/c1-38-20-13-30-19(24(27)28)9-17(20)16-10-21(35-7-6-15(11-29)8-23(35)36)31-12-18(16)25(37)32-26-34-33-22(39-26)5-4-14-2-3-14/h6-10,12-14,24H,2-3H2,1H3,(H,32,34,37). The van der Waals surface area contributed by atoms with Gasteiger partial charge in [-0.25, -0.2) is 13.8 Å². The fourth-order valence-electron chi connectivity index (χ4n) is 3.55. The van der Waals surface area contributed by atoms with Crippen LogP contribution < -0.4 is 15.6 Å². The Hall–Kier alpha value is -5.01. The van der Waals surface area contributed by atoms with Gasteiger partial charge in [-0.1, -0.05) is 17.3 Å². The summed E-state index contributed by atoms with van der Waals surface area (Å²) in [5.74, 6) is 5.93. The van der Waals surface area contributed by atoms with E-state index in [1.807, 2.05) is 6.07 Å². The van der Waals surface area contributed by atoms with Crippen molar-refractivity contribution < 1.29 is 18.3 Å². The number of rotatable bonds is 6. The van der Waals surface area contributed by atoms with E-state index in [9.17, 15) is 18.4 Å². The van der Waals surface area contributed by atoms with Crippen LogP contribution in [0.5, 0.6) is 5.75 Å². The first-order valence-electron chi connectivity index (χ1n) is 11.5. The third-order valence-corrected chi connectivity index (χ3v) is 6.41. The molecule has 0 saturated heterocycles. The molecule has 0 aromatic carbocycles. The molecule has 5 rings (SSSR count). The molecular formula is C26H17F2N7O3S. The van der Waals surface area contributed by atoms with Crippen molar-refractivity contribution in [3.63, 3.8) is 0 Å². The van der Waals surface area contributed by atoms with Crippen LogP contribution in [0.4, 0.5) is 13.9 Å². The Morgan fingerprint density at radius 3 is 2.72 bits per heavy atom. The summed E-state index contributed by atoms with van der Waals surface area (Å²) in [7, 11) is 1.33. The lowest BCUT2D eigenvalue weighted by molar-refractivity contribution is 0.102. The number of pyridine rings is 3. The summed E-state index contributed by atoms with van der Waals surface area (Å²) < 4.78 is 33.6. The van der Waals surface area contributed by atoms with E-state index < -0.39 is 23.6 Å². The predicted molar refractivity (Wildman–Crippen MR) is 137 cm³/mol. The summed E-state index contributed by atoms with van der Waals surface area (Å²) in [6.07, 6.45) is 2.92. The second-order valence-electron chi connectivity index (χ2n) is 8.34. The molecule has 0 unspecified atom stereocenters. The van der Waals surface area contributed by atoms with Gasteiger partial charge >= 0.3 is 0 Å². The van der Waals surface area contributed by atoms with Crippen molar-refractivity contribution in [2.45, 2.75) is 19.3 Å². The number of halogens is 2. The number of nitrogens with one attached hydrogen (secondary N) is 1. The van der Waals surface area contributed by atoms with Gasteiger partial charge in [-0.05, 0) is 37.0 Å². The molecule has 0 radical (unpaired) electrons. The van der Waals surface area contributed by atoms with E-state index in [-0.39, 0.29) is 39.0 Å². The Morgan fingerprint density at radius 2 is 2.03 bits per heavy atom. The first-order valence-corrected chi connectivity index (χ1v) is 12.3. The Labute approximate surface area is 224 Å². The Bertz CT molecular complexity index is 1750. The normalized spacial score (nSPS) is 12.4. The first kappa shape index (κ1) is 25.6. The van der Waals surface area contributed by atoms with E-state index in [0.29, 0.717) is 10.9 Å². The SMILES string of the molecule is COc1cnc(C(F)F)cc1-c1cc(-n2ccc(C#N)cc2=O)ncc1C(=O)Nc1nnc(C#CC2CC2)s1. The minimum absolute atomic E-state index is 0.00836. The summed E-state index contributed by atoms with van der Waals surface area (Å²) in [5, 5.41) is 20.3. The molecule has 1 aliphatic rings. The molecule has 4 aromatic heterocycles. The van der Waals surface area contributed by atoms with Gasteiger partial charge < -0.3 is 4.74 Å². The number of hydrogen-bond donors (Lipinski definition) is 1. The molecule has 1 fully saturated rings. The van der Waals surface area contributed by atoms with Crippen molar-refractivity contribution in [2.24, 2.45) is 5.92 Å². The lowest BCUT2D eigenvalue weighted by atomic mass is 10.00. The largest absolute Gasteiger partial charge is 0.494 e. The number of nitrogens with zero attached hydrogens (tertiary/aromatic N) is 6. The van der Waals surface area contributed by atoms with Crippen LogP contribution in [0, 0.1) is 29.1 Å². The van der Waals surface area contributed by atoms with E-state index in [1.165, 1.54) is 31.6 Å². The fourth-order valence-corrected chi connectivity index (χ4v) is 4.15. The molecule has 4 aromatic rings. The van der Waals surface area contributed by atoms with Gasteiger partial charge in [0.15, 0.2) is 5.01 Å². The van der Waals surface area contributed by atoms with E-state index in [1.54, 1.807) is 0 Å². The molecule has 1 saturated carbocycles. The van der Waals surface area contributed by atoms with Crippen molar-refractivity contribution in [2.75, 3.05) is 12.4 Å². The van der Waals surface area contributed by atoms with E-state index >= 15 is 0 Å². The van der Waals surface area contributed by atoms with Crippen LogP contribution in [0.25, 0.3) is 16.9 Å². The smallest absolute Gasteiger partial charge is 0.280 e. The Kier molecular flexibility index (Phi) is 7.08. The summed E-state index contributed by atoms with van der Waals surface area (Å²) in [5.41, 5.74) is -0.656. The summed E-state index contributed by atoms with van der Waals surface area (Å²) in [4.78, 5) is 33.9. The molecule has 4 heterocycles. The van der Waals surface area contributed by atoms with Crippen LogP contribution in [-0.4, -0.2) is 37.7 Å². The molecular weight excluding hydrogens is 528 g/mol. The molecule has 0 atom stereocenters. The van der Waals surface area contributed by atoms with Crippen molar-refractivity contribution in [1.29, 1.82) is 5.26 Å². The van der Waals surface area contributed by atoms with Gasteiger partial charge in [0.05, 0.1) is 30.5 Å². The van der Waals surface area contributed by atoms with Gasteiger partial charge in [-0.3, -0.25) is 24.5 Å². The van der Waals surface area contributed by atoms with Crippen molar-refractivity contribution in [3.05, 3.63) is 75.0 Å². The highest BCUT2D eigenvalue weighted by Gasteiger charge is 2.22. The molecule has 1 N–H and O–H groups in total. The predicted octanol–water partition coefficient (Wildman–Crippen LogP) is 3.98. The average Bonchev–Trinajstić information content (AvgIpc) is 3.68. The molecule has 0 aliphatic heterocycles. The molecule has 194 valence electrons. The number of ether oxygens (including phenoxy) is 1. The van der Waals surface area contributed by atoms with Crippen LogP contribution in [0.15, 0.2) is 47.7 Å². The van der Waals surface area contributed by atoms with Crippen LogP contribution in [0.3, 0.4) is 0 Å². The third kappa shape index (κ3) is 5.63. The highest BCUT2D eigenvalue weighted by molar-refractivity contribution is 7.15. The minimum Gasteiger partial charge on any atom is -0.494 e. The number of aromatic nitrogens is 5. The summed E-state index contributed by atoms with van der Waals surface area (Å²) in [6.45, 7) is 0. The van der Waals surface area contributed by atoms with Crippen LogP contribution >= 0.6 is 11.3 Å². The number of hydrogen-bond acceptors (Lipinski definition) is 9. The maximum absolute atomic E-state index is 13.5. The first-order chi connectivity index (χ1) is 18.9. The van der Waals surface area contributed by atoms with Gasteiger partial charge in [0.2, 0.25) is 5.13 Å². The molecule has 1 amide bonds. The second-order valence-corrected chi connectivity index (χ2v) is 9.32. The van der Waals surface area contributed by atoms with E-state index in [2.05, 4.69) is 37.3 Å². The van der Waals surface area contributed by atoms with E-state index in [4.69, 9.17) is 10.00 Å². The van der Waals surface area contributed by atoms with E-state index in [0.717, 1.165) is 47.1 Å². The summed E-state index contributed by atoms with van der Waals surface area (Å²) in [6, 6.07) is 6.93. The molecule has 10 nitrogen and oxygen atoms in total. The maximum Gasteiger partial charge on any atom is 0.280 e. The van der Waals surface area contributed by atoms with Gasteiger partial charge in [0, 0.05) is 35.5 Å². The number of methoxy groups -OCH3 is 1. The second kappa shape index (κ2) is 10.8. The van der Waals surface area contributed by atoms with Gasteiger partial charge in [-0.15, -0.1) is 10.2 Å². The average molecular weight is 546 g/mol. The highest BCUT2D eigenvalue weighted by Crippen LogP contribution is 2.35. The fraction of sp³-hybridized carbons (Fsp3) is 0.192. The molecule has 39 heavy (non-hydrogen) atoms. The van der Waals surface area contributed by atoms with Gasteiger partial charge in [0.1, 0.15) is 17.3 Å². The monoisotopic (exact) mass is 545 g/mol. The number of alkyl halides is 2. The molecule has 0 spiro atoms. The zero-order chi connectivity index (χ0) is 27.5. The molecule has 0 bridgehead atoms. The zero-order valence-electron chi connectivity index (χ0n) is 20.2. The Morgan fingerprint density at radius 1 is 1.21 bits per heavy atom. The zero-order valence-corrected chi connectivity index (χ0v) is 21.0. The number of amides is 1.